The van der Waals surface area contributed by atoms with Crippen molar-refractivity contribution in [1.29, 1.82) is 0 Å². The number of pyridine rings is 1. The predicted molar refractivity (Wildman–Crippen MR) is 87.8 cm³/mol. The fraction of sp³-hybridized carbons (Fsp3) is 0.167. The van der Waals surface area contributed by atoms with Gasteiger partial charge in [-0.2, -0.15) is 0 Å². The first kappa shape index (κ1) is 15.7. The molecule has 1 aromatic carbocycles. The van der Waals surface area contributed by atoms with Gasteiger partial charge in [-0.15, -0.1) is 0 Å². The number of aliphatic hydroxyl groups excluding tert-OH is 1. The summed E-state index contributed by atoms with van der Waals surface area (Å²) in [5.41, 5.74) is 1.28. The van der Waals surface area contributed by atoms with E-state index < -0.39 is 17.7 Å². The third-order valence-corrected chi connectivity index (χ3v) is 3.94. The number of rotatable bonds is 4. The Bertz CT molecular complexity index is 813. The average molecular weight is 324 g/mol. The molecule has 0 spiro atoms. The van der Waals surface area contributed by atoms with Crippen LogP contribution in [-0.4, -0.2) is 28.9 Å². The lowest BCUT2D eigenvalue weighted by Crippen LogP contribution is -2.30. The van der Waals surface area contributed by atoms with Gasteiger partial charge in [0.15, 0.2) is 11.5 Å². The number of Topliss-reactive ketones (excluding diaryl/α,β-unsaturated/α-hetero) is 1. The fourth-order valence-corrected chi connectivity index (χ4v) is 2.83. The van der Waals surface area contributed by atoms with Crippen LogP contribution in [0.2, 0.25) is 0 Å². The highest BCUT2D eigenvalue weighted by Crippen LogP contribution is 2.40. The summed E-state index contributed by atoms with van der Waals surface area (Å²) in [7, 11) is 1.56. The van der Waals surface area contributed by atoms with Gasteiger partial charge in [0.1, 0.15) is 5.75 Å². The smallest absolute Gasteiger partial charge is 0.294 e. The molecule has 2 heterocycles. The van der Waals surface area contributed by atoms with E-state index in [1.54, 1.807) is 49.7 Å². The van der Waals surface area contributed by atoms with E-state index in [1.807, 2.05) is 0 Å². The first-order valence-electron chi connectivity index (χ1n) is 7.36. The molecule has 1 atom stereocenters. The van der Waals surface area contributed by atoms with Gasteiger partial charge < -0.3 is 9.84 Å². The largest absolute Gasteiger partial charge is 0.503 e. The number of ether oxygens (including phenoxy) is 1. The van der Waals surface area contributed by atoms with Crippen LogP contribution < -0.4 is 9.64 Å². The molecule has 24 heavy (non-hydrogen) atoms. The molecular weight excluding hydrogens is 308 g/mol. The second kappa shape index (κ2) is 6.16. The van der Waals surface area contributed by atoms with Crippen LogP contribution in [0, 0.1) is 0 Å². The van der Waals surface area contributed by atoms with Gasteiger partial charge >= 0.3 is 0 Å². The Hall–Kier alpha value is -3.15. The van der Waals surface area contributed by atoms with E-state index in [0.717, 1.165) is 0 Å². The number of carbonyl (C=O) groups excluding carboxylic acids is 2. The van der Waals surface area contributed by atoms with Gasteiger partial charge in [-0.05, 0) is 36.8 Å². The summed E-state index contributed by atoms with van der Waals surface area (Å²) >= 11 is 0. The number of benzene rings is 1. The highest BCUT2D eigenvalue weighted by Gasteiger charge is 2.43. The minimum Gasteiger partial charge on any atom is -0.503 e. The van der Waals surface area contributed by atoms with Crippen LogP contribution >= 0.6 is 0 Å². The monoisotopic (exact) mass is 324 g/mol. The minimum atomic E-state index is -0.704. The quantitative estimate of drug-likeness (QED) is 0.935. The fourth-order valence-electron chi connectivity index (χ4n) is 2.83. The molecule has 1 unspecified atom stereocenters. The van der Waals surface area contributed by atoms with E-state index in [4.69, 9.17) is 4.74 Å². The second-order valence-electron chi connectivity index (χ2n) is 5.38. The SMILES string of the molecule is COc1ccc(C2C(C(C)=O)=C(O)C(=O)N2c2cccnc2)cc1. The Kier molecular flexibility index (Phi) is 4.04. The zero-order valence-electron chi connectivity index (χ0n) is 13.3. The predicted octanol–water partition coefficient (Wildman–Crippen LogP) is 2.58. The van der Waals surface area contributed by atoms with E-state index in [-0.39, 0.29) is 11.4 Å². The maximum Gasteiger partial charge on any atom is 0.294 e. The number of amides is 1. The lowest BCUT2D eigenvalue weighted by Gasteiger charge is -2.26. The van der Waals surface area contributed by atoms with E-state index >= 15 is 0 Å². The molecule has 1 amide bonds. The molecule has 1 N–H and O–H groups in total. The maximum absolute atomic E-state index is 12.5. The van der Waals surface area contributed by atoms with Gasteiger partial charge in [0.25, 0.3) is 5.91 Å². The van der Waals surface area contributed by atoms with Crippen LogP contribution in [-0.2, 0) is 9.59 Å². The molecule has 0 saturated carbocycles. The first-order chi connectivity index (χ1) is 11.5. The lowest BCUT2D eigenvalue weighted by molar-refractivity contribution is -0.117. The molecule has 122 valence electrons. The molecule has 3 rings (SSSR count). The Labute approximate surface area is 139 Å². The van der Waals surface area contributed by atoms with Crippen molar-refractivity contribution in [2.24, 2.45) is 0 Å². The Morgan fingerprint density at radius 2 is 1.96 bits per heavy atom. The highest BCUT2D eigenvalue weighted by molar-refractivity contribution is 6.16. The van der Waals surface area contributed by atoms with Crippen molar-refractivity contribution in [1.82, 2.24) is 4.98 Å². The van der Waals surface area contributed by atoms with Gasteiger partial charge in [-0.1, -0.05) is 12.1 Å². The summed E-state index contributed by atoms with van der Waals surface area (Å²) in [5, 5.41) is 10.2. The molecule has 0 bridgehead atoms. The topological polar surface area (TPSA) is 79.7 Å². The zero-order chi connectivity index (χ0) is 17.3. The standard InChI is InChI=1S/C18H16N2O4/c1-11(21)15-16(12-5-7-14(24-2)8-6-12)20(18(23)17(15)22)13-4-3-9-19-10-13/h3-10,16,22H,1-2H3. The van der Waals surface area contributed by atoms with Gasteiger partial charge in [0.05, 0.1) is 30.6 Å². The van der Waals surface area contributed by atoms with Gasteiger partial charge in [-0.3, -0.25) is 19.5 Å². The van der Waals surface area contributed by atoms with Crippen LogP contribution in [0.25, 0.3) is 0 Å². The maximum atomic E-state index is 12.5. The molecule has 0 aliphatic carbocycles. The molecule has 0 saturated heterocycles. The molecule has 1 aliphatic heterocycles. The summed E-state index contributed by atoms with van der Waals surface area (Å²) < 4.78 is 5.14. The van der Waals surface area contributed by atoms with Gasteiger partial charge in [0, 0.05) is 6.20 Å². The number of hydrogen-bond donors (Lipinski definition) is 1. The zero-order valence-corrected chi connectivity index (χ0v) is 13.3. The van der Waals surface area contributed by atoms with Crippen molar-refractivity contribution in [3.05, 3.63) is 65.7 Å². The number of aliphatic hydroxyl groups is 1. The Morgan fingerprint density at radius 1 is 1.25 bits per heavy atom. The third kappa shape index (κ3) is 2.52. The van der Waals surface area contributed by atoms with Crippen LogP contribution in [0.1, 0.15) is 18.5 Å². The number of carbonyl (C=O) groups is 2. The molecule has 1 aliphatic rings. The summed E-state index contributed by atoms with van der Waals surface area (Å²) in [6.45, 7) is 1.34. The minimum absolute atomic E-state index is 0.0778. The van der Waals surface area contributed by atoms with E-state index in [1.165, 1.54) is 18.0 Å². The molecule has 6 nitrogen and oxygen atoms in total. The van der Waals surface area contributed by atoms with Crippen molar-refractivity contribution in [3.63, 3.8) is 0 Å². The van der Waals surface area contributed by atoms with Crippen molar-refractivity contribution in [2.75, 3.05) is 12.0 Å². The first-order valence-corrected chi connectivity index (χ1v) is 7.36. The summed E-state index contributed by atoms with van der Waals surface area (Å²) in [5.74, 6) is -0.831. The third-order valence-electron chi connectivity index (χ3n) is 3.94. The number of nitrogens with zero attached hydrogens (tertiary/aromatic N) is 2. The highest BCUT2D eigenvalue weighted by atomic mass is 16.5. The average Bonchev–Trinajstić information content (AvgIpc) is 2.87. The van der Waals surface area contributed by atoms with Crippen molar-refractivity contribution < 1.29 is 19.4 Å². The Morgan fingerprint density at radius 3 is 2.50 bits per heavy atom. The van der Waals surface area contributed by atoms with Crippen molar-refractivity contribution in [3.8, 4) is 5.75 Å². The molecular formula is C18H16N2O4. The van der Waals surface area contributed by atoms with Gasteiger partial charge in [-0.25, -0.2) is 0 Å². The van der Waals surface area contributed by atoms with Crippen LogP contribution in [0.4, 0.5) is 5.69 Å². The number of anilines is 1. The van der Waals surface area contributed by atoms with E-state index in [2.05, 4.69) is 4.98 Å². The number of aromatic nitrogens is 1. The molecule has 2 aromatic rings. The summed E-state index contributed by atoms with van der Waals surface area (Å²) in [6.07, 6.45) is 3.11. The second-order valence-corrected chi connectivity index (χ2v) is 5.38. The molecule has 6 heteroatoms. The van der Waals surface area contributed by atoms with Crippen LogP contribution in [0.3, 0.4) is 0 Å². The number of methoxy groups -OCH3 is 1. The van der Waals surface area contributed by atoms with Crippen LogP contribution in [0.15, 0.2) is 60.1 Å². The summed E-state index contributed by atoms with van der Waals surface area (Å²) in [4.78, 5) is 30.0. The number of hydrogen-bond acceptors (Lipinski definition) is 5. The van der Waals surface area contributed by atoms with Crippen LogP contribution in [0.5, 0.6) is 5.75 Å². The molecule has 0 fully saturated rings. The number of ketones is 1. The molecule has 0 radical (unpaired) electrons. The van der Waals surface area contributed by atoms with Crippen molar-refractivity contribution >= 4 is 17.4 Å². The lowest BCUT2D eigenvalue weighted by atomic mass is 9.96. The molecule has 1 aromatic heterocycles. The van der Waals surface area contributed by atoms with E-state index in [0.29, 0.717) is 17.0 Å². The summed E-state index contributed by atoms with van der Waals surface area (Å²) in [6, 6.07) is 9.71. The van der Waals surface area contributed by atoms with Crippen molar-refractivity contribution in [2.45, 2.75) is 13.0 Å². The van der Waals surface area contributed by atoms with Gasteiger partial charge in [0.2, 0.25) is 0 Å². The normalized spacial score (nSPS) is 17.3. The Balaban J connectivity index is 2.14. The van der Waals surface area contributed by atoms with E-state index in [9.17, 15) is 14.7 Å².